The van der Waals surface area contributed by atoms with Gasteiger partial charge in [-0.25, -0.2) is 0 Å². The Morgan fingerprint density at radius 1 is 1.35 bits per heavy atom. The van der Waals surface area contributed by atoms with Crippen LogP contribution in [0.2, 0.25) is 0 Å². The third-order valence-corrected chi connectivity index (χ3v) is 3.59. The van der Waals surface area contributed by atoms with E-state index in [9.17, 15) is 0 Å². The lowest BCUT2D eigenvalue weighted by Crippen LogP contribution is -2.36. The Kier molecular flexibility index (Phi) is 4.02. The molecule has 0 spiro atoms. The molecular formula is C14H22N2O. The van der Waals surface area contributed by atoms with Crippen LogP contribution in [-0.4, -0.2) is 31.2 Å². The molecule has 3 heteroatoms. The zero-order valence-electron chi connectivity index (χ0n) is 10.8. The van der Waals surface area contributed by atoms with Crippen molar-refractivity contribution in [2.24, 2.45) is 0 Å². The van der Waals surface area contributed by atoms with Gasteiger partial charge in [0.15, 0.2) is 0 Å². The quantitative estimate of drug-likeness (QED) is 0.815. The monoisotopic (exact) mass is 234 g/mol. The van der Waals surface area contributed by atoms with Gasteiger partial charge in [-0.2, -0.15) is 0 Å². The van der Waals surface area contributed by atoms with Crippen LogP contribution in [0.1, 0.15) is 24.0 Å². The van der Waals surface area contributed by atoms with E-state index in [1.165, 1.54) is 5.56 Å². The van der Waals surface area contributed by atoms with Gasteiger partial charge in [-0.3, -0.25) is 4.90 Å². The highest BCUT2D eigenvalue weighted by atomic mass is 16.5. The molecule has 2 rings (SSSR count). The molecule has 1 aliphatic rings. The lowest BCUT2D eigenvalue weighted by Gasteiger charge is -2.31. The van der Waals surface area contributed by atoms with Gasteiger partial charge in [-0.15, -0.1) is 0 Å². The second-order valence-electron chi connectivity index (χ2n) is 4.95. The largest absolute Gasteiger partial charge is 0.399 e. The molecule has 1 heterocycles. The molecule has 0 atom stereocenters. The van der Waals surface area contributed by atoms with E-state index in [4.69, 9.17) is 10.5 Å². The smallest absolute Gasteiger partial charge is 0.0480 e. The minimum atomic E-state index is 0.645. The van der Waals surface area contributed by atoms with Crippen LogP contribution in [0, 0.1) is 6.92 Å². The molecule has 0 aliphatic carbocycles. The molecule has 94 valence electrons. The number of nitrogens with zero attached hydrogens (tertiary/aromatic N) is 1. The summed E-state index contributed by atoms with van der Waals surface area (Å²) in [7, 11) is 2.19. The van der Waals surface area contributed by atoms with Crippen LogP contribution in [0.15, 0.2) is 18.2 Å². The number of hydrogen-bond acceptors (Lipinski definition) is 3. The van der Waals surface area contributed by atoms with E-state index >= 15 is 0 Å². The normalized spacial score (nSPS) is 17.6. The molecule has 0 radical (unpaired) electrons. The predicted molar refractivity (Wildman–Crippen MR) is 70.9 cm³/mol. The van der Waals surface area contributed by atoms with Gasteiger partial charge in [-0.1, -0.05) is 12.1 Å². The van der Waals surface area contributed by atoms with E-state index in [0.717, 1.165) is 43.9 Å². The molecule has 3 nitrogen and oxygen atoms in total. The van der Waals surface area contributed by atoms with Crippen LogP contribution in [0.5, 0.6) is 0 Å². The van der Waals surface area contributed by atoms with Crippen LogP contribution >= 0.6 is 0 Å². The van der Waals surface area contributed by atoms with E-state index in [1.54, 1.807) is 0 Å². The molecule has 0 unspecified atom stereocenters. The SMILES string of the molecule is Cc1ccc(CN(C)C2CCOCC2)cc1N. The third kappa shape index (κ3) is 3.20. The van der Waals surface area contributed by atoms with Gasteiger partial charge in [0.25, 0.3) is 0 Å². The highest BCUT2D eigenvalue weighted by Gasteiger charge is 2.18. The number of anilines is 1. The molecule has 0 amide bonds. The molecule has 0 bridgehead atoms. The molecule has 1 saturated heterocycles. The fourth-order valence-electron chi connectivity index (χ4n) is 2.33. The van der Waals surface area contributed by atoms with Crippen molar-refractivity contribution in [1.82, 2.24) is 4.90 Å². The van der Waals surface area contributed by atoms with Gasteiger partial charge in [0.1, 0.15) is 0 Å². The van der Waals surface area contributed by atoms with Crippen molar-refractivity contribution in [2.75, 3.05) is 26.0 Å². The van der Waals surface area contributed by atoms with E-state index in [1.807, 2.05) is 6.92 Å². The van der Waals surface area contributed by atoms with Gasteiger partial charge < -0.3 is 10.5 Å². The van der Waals surface area contributed by atoms with E-state index in [0.29, 0.717) is 6.04 Å². The Labute approximate surface area is 104 Å². The Bertz CT molecular complexity index is 372. The van der Waals surface area contributed by atoms with Gasteiger partial charge in [0.05, 0.1) is 0 Å². The first-order valence-electron chi connectivity index (χ1n) is 6.30. The summed E-state index contributed by atoms with van der Waals surface area (Å²) in [5.74, 6) is 0. The van der Waals surface area contributed by atoms with Gasteiger partial charge >= 0.3 is 0 Å². The maximum atomic E-state index is 5.94. The number of rotatable bonds is 3. The Balaban J connectivity index is 1.96. The summed E-state index contributed by atoms with van der Waals surface area (Å²) >= 11 is 0. The maximum Gasteiger partial charge on any atom is 0.0480 e. The zero-order chi connectivity index (χ0) is 12.3. The fourth-order valence-corrected chi connectivity index (χ4v) is 2.33. The van der Waals surface area contributed by atoms with Gasteiger partial charge in [-0.05, 0) is 44.0 Å². The molecule has 1 aliphatic heterocycles. The molecule has 0 saturated carbocycles. The van der Waals surface area contributed by atoms with E-state index < -0.39 is 0 Å². The lowest BCUT2D eigenvalue weighted by atomic mass is 10.1. The minimum absolute atomic E-state index is 0.645. The van der Waals surface area contributed by atoms with Crippen LogP contribution < -0.4 is 5.73 Å². The summed E-state index contributed by atoms with van der Waals surface area (Å²) in [6, 6.07) is 7.00. The number of nitrogens with two attached hydrogens (primary N) is 1. The molecule has 1 aromatic carbocycles. The molecule has 17 heavy (non-hydrogen) atoms. The number of nitrogen functional groups attached to an aromatic ring is 1. The number of ether oxygens (including phenoxy) is 1. The zero-order valence-corrected chi connectivity index (χ0v) is 10.8. The average Bonchev–Trinajstić information content (AvgIpc) is 2.35. The molecule has 2 N–H and O–H groups in total. The summed E-state index contributed by atoms with van der Waals surface area (Å²) in [5.41, 5.74) is 9.28. The molecular weight excluding hydrogens is 212 g/mol. The van der Waals surface area contributed by atoms with Crippen LogP contribution in [-0.2, 0) is 11.3 Å². The summed E-state index contributed by atoms with van der Waals surface area (Å²) in [6.45, 7) is 4.80. The number of benzene rings is 1. The predicted octanol–water partition coefficient (Wildman–Crippen LogP) is 2.19. The van der Waals surface area contributed by atoms with Crippen molar-refractivity contribution in [3.05, 3.63) is 29.3 Å². The van der Waals surface area contributed by atoms with Crippen molar-refractivity contribution < 1.29 is 4.74 Å². The summed E-state index contributed by atoms with van der Waals surface area (Å²) in [6.07, 6.45) is 2.27. The van der Waals surface area contributed by atoms with Crippen LogP contribution in [0.4, 0.5) is 5.69 Å². The topological polar surface area (TPSA) is 38.5 Å². The van der Waals surface area contributed by atoms with Crippen molar-refractivity contribution in [3.63, 3.8) is 0 Å². The van der Waals surface area contributed by atoms with Crippen LogP contribution in [0.3, 0.4) is 0 Å². The highest BCUT2D eigenvalue weighted by Crippen LogP contribution is 2.18. The second-order valence-corrected chi connectivity index (χ2v) is 4.95. The summed E-state index contributed by atoms with van der Waals surface area (Å²) in [5, 5.41) is 0. The molecule has 0 aromatic heterocycles. The first-order chi connectivity index (χ1) is 8.16. The molecule has 1 fully saturated rings. The van der Waals surface area contributed by atoms with Crippen molar-refractivity contribution in [2.45, 2.75) is 32.4 Å². The first kappa shape index (κ1) is 12.4. The number of hydrogen-bond donors (Lipinski definition) is 1. The van der Waals surface area contributed by atoms with Crippen molar-refractivity contribution in [3.8, 4) is 0 Å². The fraction of sp³-hybridized carbons (Fsp3) is 0.571. The maximum absolute atomic E-state index is 5.94. The van der Waals surface area contributed by atoms with E-state index in [2.05, 4.69) is 30.1 Å². The standard InChI is InChI=1S/C14H22N2O/c1-11-3-4-12(9-14(11)15)10-16(2)13-5-7-17-8-6-13/h3-4,9,13H,5-8,10,15H2,1-2H3. The van der Waals surface area contributed by atoms with Crippen LogP contribution in [0.25, 0.3) is 0 Å². The third-order valence-electron chi connectivity index (χ3n) is 3.59. The summed E-state index contributed by atoms with van der Waals surface area (Å²) < 4.78 is 5.39. The summed E-state index contributed by atoms with van der Waals surface area (Å²) in [4.78, 5) is 2.41. The Morgan fingerprint density at radius 2 is 2.06 bits per heavy atom. The van der Waals surface area contributed by atoms with Crippen molar-refractivity contribution >= 4 is 5.69 Å². The minimum Gasteiger partial charge on any atom is -0.399 e. The Morgan fingerprint density at radius 3 is 2.71 bits per heavy atom. The van der Waals surface area contributed by atoms with Crippen molar-refractivity contribution in [1.29, 1.82) is 0 Å². The number of aryl methyl sites for hydroxylation is 1. The Hall–Kier alpha value is -1.06. The van der Waals surface area contributed by atoms with E-state index in [-0.39, 0.29) is 0 Å². The second kappa shape index (κ2) is 5.52. The highest BCUT2D eigenvalue weighted by molar-refractivity contribution is 5.48. The lowest BCUT2D eigenvalue weighted by molar-refractivity contribution is 0.0407. The van der Waals surface area contributed by atoms with Gasteiger partial charge in [0.2, 0.25) is 0 Å². The van der Waals surface area contributed by atoms with Gasteiger partial charge in [0, 0.05) is 31.5 Å². The first-order valence-corrected chi connectivity index (χ1v) is 6.30. The molecule has 1 aromatic rings. The average molecular weight is 234 g/mol.